The number of hydrogen-bond acceptors (Lipinski definition) is 5. The van der Waals surface area contributed by atoms with Crippen molar-refractivity contribution in [2.75, 3.05) is 13.2 Å². The van der Waals surface area contributed by atoms with Gasteiger partial charge in [-0.1, -0.05) is 83.8 Å². The number of ether oxygens (including phenoxy) is 3. The van der Waals surface area contributed by atoms with Gasteiger partial charge in [0.15, 0.2) is 17.8 Å². The Morgan fingerprint density at radius 3 is 2.00 bits per heavy atom. The van der Waals surface area contributed by atoms with Crippen LogP contribution < -0.4 is 4.74 Å². The van der Waals surface area contributed by atoms with E-state index < -0.39 is 6.16 Å². The maximum absolute atomic E-state index is 10.7. The number of aryl methyl sites for hydroxylation is 1. The Balaban J connectivity index is 2.24. The summed E-state index contributed by atoms with van der Waals surface area (Å²) in [5.74, 6) is -0.0784. The summed E-state index contributed by atoms with van der Waals surface area (Å²) in [6, 6.07) is 4.98. The maximum Gasteiger partial charge on any atom is 0.511 e. The number of phenolic OH excluding ortho intramolecular Hbond substituents is 1. The number of phenols is 1. The third-order valence-corrected chi connectivity index (χ3v) is 5.77. The molecule has 6 heteroatoms. The Labute approximate surface area is 200 Å². The monoisotopic (exact) mass is 466 g/mol. The molecule has 0 aliphatic carbocycles. The zero-order valence-electron chi connectivity index (χ0n) is 20.9. The summed E-state index contributed by atoms with van der Waals surface area (Å²) in [6.07, 6.45) is 15.1. The third-order valence-electron chi connectivity index (χ3n) is 5.77. The normalized spacial score (nSPS) is 11.2. The van der Waals surface area contributed by atoms with Gasteiger partial charge >= 0.3 is 6.16 Å². The lowest BCUT2D eigenvalue weighted by molar-refractivity contribution is -0.148. The molecule has 0 spiro atoms. The summed E-state index contributed by atoms with van der Waals surface area (Å²) in [4.78, 5) is 10.7. The van der Waals surface area contributed by atoms with Crippen LogP contribution in [0.25, 0.3) is 0 Å². The van der Waals surface area contributed by atoms with Crippen molar-refractivity contribution < 1.29 is 29.2 Å². The second-order valence-electron chi connectivity index (χ2n) is 8.73. The van der Waals surface area contributed by atoms with E-state index in [4.69, 9.17) is 14.6 Å². The molecule has 1 aromatic carbocycles. The number of unbranched alkanes of at least 4 members (excludes halogenated alkanes) is 10. The van der Waals surface area contributed by atoms with Crippen molar-refractivity contribution in [1.29, 1.82) is 0 Å². The zero-order chi connectivity index (χ0) is 24.2. The van der Waals surface area contributed by atoms with E-state index in [2.05, 4.69) is 18.6 Å². The van der Waals surface area contributed by atoms with Gasteiger partial charge < -0.3 is 24.4 Å². The highest BCUT2D eigenvalue weighted by Gasteiger charge is 2.12. The molecule has 0 unspecified atom stereocenters. The Morgan fingerprint density at radius 1 is 0.818 bits per heavy atom. The topological polar surface area (TPSA) is 85.2 Å². The molecule has 0 radical (unpaired) electrons. The summed E-state index contributed by atoms with van der Waals surface area (Å²) in [5, 5.41) is 18.9. The van der Waals surface area contributed by atoms with E-state index in [9.17, 15) is 9.90 Å². The molecule has 0 heterocycles. The van der Waals surface area contributed by atoms with E-state index in [1.807, 2.05) is 6.07 Å². The molecule has 1 rings (SSSR count). The summed E-state index contributed by atoms with van der Waals surface area (Å²) < 4.78 is 16.7. The van der Waals surface area contributed by atoms with Crippen molar-refractivity contribution in [3.8, 4) is 11.5 Å². The van der Waals surface area contributed by atoms with E-state index in [1.54, 1.807) is 6.07 Å². The minimum Gasteiger partial charge on any atom is -0.504 e. The van der Waals surface area contributed by atoms with Gasteiger partial charge in [0.1, 0.15) is 0 Å². The highest BCUT2D eigenvalue weighted by molar-refractivity contribution is 5.63. The SMILES string of the molecule is CCCCCCOC(CCCCCCCc1cccc(OC(=O)O)c1O)OCCCCCC. The molecular weight excluding hydrogens is 420 g/mol. The Bertz CT molecular complexity index is 605. The third kappa shape index (κ3) is 14.9. The lowest BCUT2D eigenvalue weighted by Crippen LogP contribution is -2.19. The number of benzene rings is 1. The molecule has 0 aliphatic heterocycles. The summed E-state index contributed by atoms with van der Waals surface area (Å²) in [7, 11) is 0. The van der Waals surface area contributed by atoms with Gasteiger partial charge in [0, 0.05) is 13.2 Å². The quantitative estimate of drug-likeness (QED) is 0.0830. The first kappa shape index (κ1) is 29.2. The first-order valence-corrected chi connectivity index (χ1v) is 13.0. The molecule has 0 aliphatic rings. The molecule has 33 heavy (non-hydrogen) atoms. The highest BCUT2D eigenvalue weighted by atomic mass is 16.7. The number of aromatic hydroxyl groups is 1. The largest absolute Gasteiger partial charge is 0.511 e. The molecule has 6 nitrogen and oxygen atoms in total. The van der Waals surface area contributed by atoms with Gasteiger partial charge in [-0.05, 0) is 50.2 Å². The van der Waals surface area contributed by atoms with Gasteiger partial charge in [-0.2, -0.15) is 0 Å². The van der Waals surface area contributed by atoms with Crippen LogP contribution in [0.5, 0.6) is 11.5 Å². The molecule has 0 fully saturated rings. The van der Waals surface area contributed by atoms with Gasteiger partial charge in [-0.25, -0.2) is 4.79 Å². The van der Waals surface area contributed by atoms with Gasteiger partial charge in [0.25, 0.3) is 0 Å². The molecule has 0 aromatic heterocycles. The second kappa shape index (κ2) is 19.7. The first-order chi connectivity index (χ1) is 16.1. The van der Waals surface area contributed by atoms with Crippen molar-refractivity contribution in [1.82, 2.24) is 0 Å². The minimum absolute atomic E-state index is 0.00423. The molecule has 0 bridgehead atoms. The Kier molecular flexibility index (Phi) is 17.4. The molecule has 0 atom stereocenters. The van der Waals surface area contributed by atoms with E-state index in [-0.39, 0.29) is 17.8 Å². The maximum atomic E-state index is 10.7. The van der Waals surface area contributed by atoms with Gasteiger partial charge in [-0.15, -0.1) is 0 Å². The molecule has 0 saturated heterocycles. The van der Waals surface area contributed by atoms with Crippen LogP contribution >= 0.6 is 0 Å². The number of hydrogen-bond donors (Lipinski definition) is 2. The molecule has 0 amide bonds. The predicted octanol–water partition coefficient (Wildman–Crippen LogP) is 7.85. The highest BCUT2D eigenvalue weighted by Crippen LogP contribution is 2.31. The van der Waals surface area contributed by atoms with Crippen molar-refractivity contribution in [2.24, 2.45) is 0 Å². The summed E-state index contributed by atoms with van der Waals surface area (Å²) in [5.41, 5.74) is 0.724. The lowest BCUT2D eigenvalue weighted by Gasteiger charge is -2.19. The average Bonchev–Trinajstić information content (AvgIpc) is 2.79. The smallest absolute Gasteiger partial charge is 0.504 e. The van der Waals surface area contributed by atoms with Crippen molar-refractivity contribution in [3.05, 3.63) is 23.8 Å². The summed E-state index contributed by atoms with van der Waals surface area (Å²) in [6.45, 7) is 6.01. The molecule has 0 saturated carbocycles. The minimum atomic E-state index is -1.42. The van der Waals surface area contributed by atoms with Crippen LogP contribution in [0, 0.1) is 0 Å². The Hall–Kier alpha value is -1.79. The van der Waals surface area contributed by atoms with E-state index in [0.717, 1.165) is 70.1 Å². The number of carboxylic acid groups (broad SMARTS) is 1. The average molecular weight is 467 g/mol. The fourth-order valence-corrected chi connectivity index (χ4v) is 3.80. The van der Waals surface area contributed by atoms with Crippen LogP contribution in [0.1, 0.15) is 109 Å². The molecule has 2 N–H and O–H groups in total. The van der Waals surface area contributed by atoms with E-state index >= 15 is 0 Å². The fraction of sp³-hybridized carbons (Fsp3) is 0.741. The zero-order valence-corrected chi connectivity index (χ0v) is 20.9. The Morgan fingerprint density at radius 2 is 1.39 bits per heavy atom. The standard InChI is InChI=1S/C27H46O6/c1-3-5-7-14-21-31-25(32-22-15-8-6-4-2)20-13-11-9-10-12-17-23-18-16-19-24(26(23)28)33-27(29)30/h16,18-19,25,28H,3-15,17,20-22H2,1-2H3,(H,29,30). The van der Waals surface area contributed by atoms with E-state index in [0.29, 0.717) is 6.42 Å². The van der Waals surface area contributed by atoms with Crippen molar-refractivity contribution in [2.45, 2.75) is 116 Å². The number of carbonyl (C=O) groups is 1. The summed E-state index contributed by atoms with van der Waals surface area (Å²) >= 11 is 0. The molecule has 1 aromatic rings. The van der Waals surface area contributed by atoms with Crippen LogP contribution in [0.2, 0.25) is 0 Å². The van der Waals surface area contributed by atoms with Crippen LogP contribution in [-0.2, 0) is 15.9 Å². The van der Waals surface area contributed by atoms with Gasteiger partial charge in [0.2, 0.25) is 0 Å². The van der Waals surface area contributed by atoms with Gasteiger partial charge in [-0.3, -0.25) is 0 Å². The predicted molar refractivity (Wildman–Crippen MR) is 132 cm³/mol. The van der Waals surface area contributed by atoms with Crippen LogP contribution in [0.4, 0.5) is 4.79 Å². The van der Waals surface area contributed by atoms with Gasteiger partial charge in [0.05, 0.1) is 0 Å². The van der Waals surface area contributed by atoms with Crippen LogP contribution in [-0.4, -0.2) is 35.9 Å². The first-order valence-electron chi connectivity index (χ1n) is 13.0. The second-order valence-corrected chi connectivity index (χ2v) is 8.73. The van der Waals surface area contributed by atoms with Crippen LogP contribution in [0.3, 0.4) is 0 Å². The molecule has 190 valence electrons. The lowest BCUT2D eigenvalue weighted by atomic mass is 10.0. The van der Waals surface area contributed by atoms with Crippen LogP contribution in [0.15, 0.2) is 18.2 Å². The van der Waals surface area contributed by atoms with Crippen molar-refractivity contribution in [3.63, 3.8) is 0 Å². The van der Waals surface area contributed by atoms with Crippen molar-refractivity contribution >= 4 is 6.16 Å². The fourth-order valence-electron chi connectivity index (χ4n) is 3.80. The number of rotatable bonds is 21. The molecular formula is C27H46O6. The van der Waals surface area contributed by atoms with E-state index in [1.165, 1.54) is 44.6 Å². The number of para-hydroxylation sites is 1.